The summed E-state index contributed by atoms with van der Waals surface area (Å²) in [6, 6.07) is 13.1. The standard InChI is InChI=1S/C22H27FN2O3S/c23-21-8-4-3-7-19(21)17-24-22(26)14-11-18-9-12-20(13-10-18)29(27,28)25-15-5-1-2-6-16-25/h3-4,7-10,12-13H,1-2,5-6,11,14-17H2,(H,24,26). The lowest BCUT2D eigenvalue weighted by Gasteiger charge is -2.20. The minimum atomic E-state index is -3.46. The summed E-state index contributed by atoms with van der Waals surface area (Å²) >= 11 is 0. The third kappa shape index (κ3) is 5.87. The van der Waals surface area contributed by atoms with Crippen molar-refractivity contribution < 1.29 is 17.6 Å². The maximum Gasteiger partial charge on any atom is 0.243 e. The van der Waals surface area contributed by atoms with E-state index in [1.54, 1.807) is 46.8 Å². The molecule has 1 aliphatic rings. The SMILES string of the molecule is O=C(CCc1ccc(S(=O)(=O)N2CCCCCC2)cc1)NCc1ccccc1F. The van der Waals surface area contributed by atoms with Crippen LogP contribution in [0.15, 0.2) is 53.4 Å². The van der Waals surface area contributed by atoms with Crippen LogP contribution in [-0.2, 0) is 27.8 Å². The Kier molecular flexibility index (Phi) is 7.39. The van der Waals surface area contributed by atoms with Crippen LogP contribution in [0.4, 0.5) is 4.39 Å². The van der Waals surface area contributed by atoms with Gasteiger partial charge < -0.3 is 5.32 Å². The van der Waals surface area contributed by atoms with E-state index in [-0.39, 0.29) is 24.7 Å². The zero-order chi connectivity index (χ0) is 20.7. The summed E-state index contributed by atoms with van der Waals surface area (Å²) in [6.07, 6.45) is 4.70. The Bertz CT molecular complexity index is 921. The lowest BCUT2D eigenvalue weighted by molar-refractivity contribution is -0.121. The van der Waals surface area contributed by atoms with Gasteiger partial charge in [-0.1, -0.05) is 43.2 Å². The van der Waals surface area contributed by atoms with E-state index in [1.807, 2.05) is 0 Å². The van der Waals surface area contributed by atoms with Crippen LogP contribution in [-0.4, -0.2) is 31.7 Å². The summed E-state index contributed by atoms with van der Waals surface area (Å²) in [7, 11) is -3.46. The summed E-state index contributed by atoms with van der Waals surface area (Å²) in [4.78, 5) is 12.3. The van der Waals surface area contributed by atoms with Crippen molar-refractivity contribution in [2.45, 2.75) is 50.0 Å². The first-order chi connectivity index (χ1) is 14.0. The highest BCUT2D eigenvalue weighted by atomic mass is 32.2. The minimum absolute atomic E-state index is 0.151. The predicted molar refractivity (Wildman–Crippen MR) is 110 cm³/mol. The van der Waals surface area contributed by atoms with Crippen molar-refractivity contribution in [3.8, 4) is 0 Å². The first-order valence-corrected chi connectivity index (χ1v) is 11.5. The van der Waals surface area contributed by atoms with Gasteiger partial charge in [0.05, 0.1) is 4.90 Å². The zero-order valence-electron chi connectivity index (χ0n) is 16.4. The van der Waals surface area contributed by atoms with Gasteiger partial charge in [-0.3, -0.25) is 4.79 Å². The highest BCUT2D eigenvalue weighted by Crippen LogP contribution is 2.21. The fraction of sp³-hybridized carbons (Fsp3) is 0.409. The van der Waals surface area contributed by atoms with Gasteiger partial charge in [0.1, 0.15) is 5.82 Å². The lowest BCUT2D eigenvalue weighted by Crippen LogP contribution is -2.31. The molecule has 1 N–H and O–H groups in total. The third-order valence-electron chi connectivity index (χ3n) is 5.20. The molecular weight excluding hydrogens is 391 g/mol. The van der Waals surface area contributed by atoms with Gasteiger partial charge in [0.25, 0.3) is 0 Å². The number of hydrogen-bond donors (Lipinski definition) is 1. The summed E-state index contributed by atoms with van der Waals surface area (Å²) in [6.45, 7) is 1.30. The molecule has 0 atom stereocenters. The Morgan fingerprint density at radius 1 is 0.966 bits per heavy atom. The fourth-order valence-electron chi connectivity index (χ4n) is 3.44. The molecule has 29 heavy (non-hydrogen) atoms. The number of nitrogens with zero attached hydrogens (tertiary/aromatic N) is 1. The highest BCUT2D eigenvalue weighted by Gasteiger charge is 2.24. The van der Waals surface area contributed by atoms with Gasteiger partial charge in [-0.2, -0.15) is 4.31 Å². The molecule has 1 fully saturated rings. The van der Waals surface area contributed by atoms with Crippen molar-refractivity contribution in [3.63, 3.8) is 0 Å². The van der Waals surface area contributed by atoms with Crippen LogP contribution < -0.4 is 5.32 Å². The molecule has 2 aromatic carbocycles. The molecule has 0 spiro atoms. The van der Waals surface area contributed by atoms with Gasteiger partial charge >= 0.3 is 0 Å². The van der Waals surface area contributed by atoms with Gasteiger partial charge in [0.15, 0.2) is 0 Å². The molecule has 0 bridgehead atoms. The topological polar surface area (TPSA) is 66.5 Å². The summed E-state index contributed by atoms with van der Waals surface area (Å²) in [5.41, 5.74) is 1.34. The molecule has 5 nitrogen and oxygen atoms in total. The number of benzene rings is 2. The van der Waals surface area contributed by atoms with Crippen molar-refractivity contribution in [2.75, 3.05) is 13.1 Å². The van der Waals surface area contributed by atoms with Crippen molar-refractivity contribution in [1.82, 2.24) is 9.62 Å². The number of aryl methyl sites for hydroxylation is 1. The second-order valence-corrected chi connectivity index (χ2v) is 9.27. The first kappa shape index (κ1) is 21.5. The number of carbonyl (C=O) groups is 1. The van der Waals surface area contributed by atoms with E-state index < -0.39 is 10.0 Å². The van der Waals surface area contributed by atoms with Crippen LogP contribution in [0.5, 0.6) is 0 Å². The number of carbonyl (C=O) groups excluding carboxylic acids is 1. The van der Waals surface area contributed by atoms with E-state index in [0.717, 1.165) is 31.2 Å². The molecule has 2 aromatic rings. The van der Waals surface area contributed by atoms with E-state index in [0.29, 0.717) is 30.0 Å². The molecule has 1 amide bonds. The molecular formula is C22H27FN2O3S. The second-order valence-electron chi connectivity index (χ2n) is 7.33. The predicted octanol–water partition coefficient (Wildman–Crippen LogP) is 3.64. The lowest BCUT2D eigenvalue weighted by atomic mass is 10.1. The maximum absolute atomic E-state index is 13.6. The Balaban J connectivity index is 1.52. The summed E-state index contributed by atoms with van der Waals surface area (Å²) < 4.78 is 40.7. The van der Waals surface area contributed by atoms with Crippen molar-refractivity contribution in [1.29, 1.82) is 0 Å². The van der Waals surface area contributed by atoms with Gasteiger partial charge in [0, 0.05) is 31.6 Å². The Morgan fingerprint density at radius 3 is 2.28 bits per heavy atom. The number of sulfonamides is 1. The van der Waals surface area contributed by atoms with Crippen LogP contribution in [0.3, 0.4) is 0 Å². The number of hydrogen-bond acceptors (Lipinski definition) is 3. The Morgan fingerprint density at radius 2 is 1.62 bits per heavy atom. The Labute approximate surface area is 172 Å². The van der Waals surface area contributed by atoms with Crippen LogP contribution >= 0.6 is 0 Å². The number of nitrogens with one attached hydrogen (secondary N) is 1. The summed E-state index contributed by atoms with van der Waals surface area (Å²) in [5, 5.41) is 2.71. The molecule has 0 radical (unpaired) electrons. The smallest absolute Gasteiger partial charge is 0.243 e. The molecule has 3 rings (SSSR count). The average molecular weight is 419 g/mol. The zero-order valence-corrected chi connectivity index (χ0v) is 17.3. The van der Waals surface area contributed by atoms with Gasteiger partial charge in [-0.05, 0) is 43.0 Å². The normalized spacial score (nSPS) is 15.6. The molecule has 156 valence electrons. The number of rotatable bonds is 7. The van der Waals surface area contributed by atoms with Crippen LogP contribution in [0.1, 0.15) is 43.2 Å². The quantitative estimate of drug-likeness (QED) is 0.747. The van der Waals surface area contributed by atoms with Crippen LogP contribution in [0.25, 0.3) is 0 Å². The molecule has 7 heteroatoms. The van der Waals surface area contributed by atoms with Gasteiger partial charge in [0.2, 0.25) is 15.9 Å². The molecule has 1 heterocycles. The van der Waals surface area contributed by atoms with Crippen LogP contribution in [0.2, 0.25) is 0 Å². The largest absolute Gasteiger partial charge is 0.352 e. The minimum Gasteiger partial charge on any atom is -0.352 e. The van der Waals surface area contributed by atoms with E-state index in [4.69, 9.17) is 0 Å². The van der Waals surface area contributed by atoms with E-state index in [2.05, 4.69) is 5.32 Å². The van der Waals surface area contributed by atoms with Crippen molar-refractivity contribution >= 4 is 15.9 Å². The molecule has 1 saturated heterocycles. The maximum atomic E-state index is 13.6. The van der Waals surface area contributed by atoms with Crippen LogP contribution in [0, 0.1) is 5.82 Å². The molecule has 1 aliphatic heterocycles. The van der Waals surface area contributed by atoms with E-state index in [9.17, 15) is 17.6 Å². The summed E-state index contributed by atoms with van der Waals surface area (Å²) in [5.74, 6) is -0.511. The number of halogens is 1. The van der Waals surface area contributed by atoms with Crippen molar-refractivity contribution in [2.24, 2.45) is 0 Å². The monoisotopic (exact) mass is 418 g/mol. The third-order valence-corrected chi connectivity index (χ3v) is 7.11. The average Bonchev–Trinajstić information content (AvgIpc) is 3.02. The molecule has 0 aliphatic carbocycles. The van der Waals surface area contributed by atoms with Gasteiger partial charge in [-0.25, -0.2) is 12.8 Å². The van der Waals surface area contributed by atoms with E-state index >= 15 is 0 Å². The van der Waals surface area contributed by atoms with Gasteiger partial charge in [-0.15, -0.1) is 0 Å². The number of amides is 1. The highest BCUT2D eigenvalue weighted by molar-refractivity contribution is 7.89. The molecule has 0 saturated carbocycles. The molecule has 0 unspecified atom stereocenters. The van der Waals surface area contributed by atoms with Crippen molar-refractivity contribution in [3.05, 3.63) is 65.5 Å². The first-order valence-electron chi connectivity index (χ1n) is 10.1. The second kappa shape index (κ2) is 9.98. The van der Waals surface area contributed by atoms with E-state index in [1.165, 1.54) is 6.07 Å². The fourth-order valence-corrected chi connectivity index (χ4v) is 4.96. The molecule has 0 aromatic heterocycles. The Hall–Kier alpha value is -2.25.